The fourth-order valence-corrected chi connectivity index (χ4v) is 2.78. The molecule has 0 aliphatic heterocycles. The second kappa shape index (κ2) is 6.64. The topological polar surface area (TPSA) is 38.7 Å². The maximum absolute atomic E-state index is 13.1. The third kappa shape index (κ3) is 3.31. The van der Waals surface area contributed by atoms with Crippen LogP contribution in [0.5, 0.6) is 11.5 Å². The zero-order chi connectivity index (χ0) is 15.6. The highest BCUT2D eigenvalue weighted by Crippen LogP contribution is 2.39. The Morgan fingerprint density at radius 3 is 2.29 bits per heavy atom. The maximum Gasteiger partial charge on any atom is 0.161 e. The monoisotopic (exact) mass is 374 g/mol. The Balaban J connectivity index is 2.50. The van der Waals surface area contributed by atoms with Crippen molar-refractivity contribution >= 4 is 27.5 Å². The van der Waals surface area contributed by atoms with E-state index in [9.17, 15) is 9.50 Å². The summed E-state index contributed by atoms with van der Waals surface area (Å²) in [6.07, 6.45) is -1.02. The molecule has 1 atom stereocenters. The van der Waals surface area contributed by atoms with Crippen molar-refractivity contribution in [1.29, 1.82) is 0 Å². The summed E-state index contributed by atoms with van der Waals surface area (Å²) < 4.78 is 24.1. The van der Waals surface area contributed by atoms with Gasteiger partial charge in [-0.2, -0.15) is 0 Å². The molecule has 0 saturated heterocycles. The van der Waals surface area contributed by atoms with Crippen molar-refractivity contribution in [2.45, 2.75) is 6.10 Å². The molecule has 0 amide bonds. The number of ether oxygens (including phenoxy) is 2. The van der Waals surface area contributed by atoms with Gasteiger partial charge < -0.3 is 14.6 Å². The lowest BCUT2D eigenvalue weighted by Gasteiger charge is -2.17. The highest BCUT2D eigenvalue weighted by molar-refractivity contribution is 9.10. The lowest BCUT2D eigenvalue weighted by Crippen LogP contribution is -2.03. The molecule has 112 valence electrons. The zero-order valence-corrected chi connectivity index (χ0v) is 13.7. The Bertz CT molecular complexity index is 664. The van der Waals surface area contributed by atoms with Gasteiger partial charge in [-0.15, -0.1) is 0 Å². The Morgan fingerprint density at radius 1 is 1.10 bits per heavy atom. The van der Waals surface area contributed by atoms with Gasteiger partial charge in [0.25, 0.3) is 0 Å². The van der Waals surface area contributed by atoms with Gasteiger partial charge in [-0.05, 0) is 24.3 Å². The molecule has 1 N–H and O–H groups in total. The van der Waals surface area contributed by atoms with Crippen LogP contribution in [0.25, 0.3) is 0 Å². The van der Waals surface area contributed by atoms with E-state index in [1.54, 1.807) is 12.1 Å². The van der Waals surface area contributed by atoms with Crippen LogP contribution in [-0.4, -0.2) is 19.3 Å². The van der Waals surface area contributed by atoms with E-state index in [2.05, 4.69) is 15.9 Å². The Hall–Kier alpha value is -1.30. The second-order valence-corrected chi connectivity index (χ2v) is 5.56. The highest BCUT2D eigenvalue weighted by atomic mass is 79.9. The molecule has 6 heteroatoms. The number of hydrogen-bond donors (Lipinski definition) is 1. The van der Waals surface area contributed by atoms with E-state index < -0.39 is 11.9 Å². The van der Waals surface area contributed by atoms with Gasteiger partial charge in [0.2, 0.25) is 0 Å². The minimum Gasteiger partial charge on any atom is -0.493 e. The average Bonchev–Trinajstić information content (AvgIpc) is 2.46. The van der Waals surface area contributed by atoms with Crippen LogP contribution in [0, 0.1) is 5.82 Å². The molecule has 1 unspecified atom stereocenters. The van der Waals surface area contributed by atoms with Crippen LogP contribution in [0.4, 0.5) is 4.39 Å². The van der Waals surface area contributed by atoms with Gasteiger partial charge in [-0.25, -0.2) is 4.39 Å². The predicted octanol–water partition coefficient (Wildman–Crippen LogP) is 4.34. The molecule has 0 aliphatic carbocycles. The summed E-state index contributed by atoms with van der Waals surface area (Å²) in [5.41, 5.74) is 0.951. The molecule has 2 rings (SSSR count). The first-order valence-electron chi connectivity index (χ1n) is 6.02. The van der Waals surface area contributed by atoms with E-state index in [1.165, 1.54) is 26.4 Å². The minimum atomic E-state index is -1.02. The standard InChI is InChI=1S/C15H13BrClFO3/c1-20-13-6-10(11(16)7-14(13)21-2)15(19)9-4-3-8(18)5-12(9)17/h3-7,15,19H,1-2H3. The fourth-order valence-electron chi connectivity index (χ4n) is 1.97. The van der Waals surface area contributed by atoms with E-state index in [-0.39, 0.29) is 5.02 Å². The first-order valence-corrected chi connectivity index (χ1v) is 7.19. The fraction of sp³-hybridized carbons (Fsp3) is 0.200. The van der Waals surface area contributed by atoms with Gasteiger partial charge in [-0.1, -0.05) is 33.6 Å². The third-order valence-corrected chi connectivity index (χ3v) is 4.07. The summed E-state index contributed by atoms with van der Waals surface area (Å²) in [5, 5.41) is 10.7. The zero-order valence-electron chi connectivity index (χ0n) is 11.4. The minimum absolute atomic E-state index is 0.157. The van der Waals surface area contributed by atoms with Gasteiger partial charge in [0.05, 0.1) is 14.2 Å². The van der Waals surface area contributed by atoms with Crippen molar-refractivity contribution in [3.05, 3.63) is 56.8 Å². The molecule has 0 aromatic heterocycles. The van der Waals surface area contributed by atoms with Gasteiger partial charge in [-0.3, -0.25) is 0 Å². The second-order valence-electron chi connectivity index (χ2n) is 4.30. The molecule has 2 aromatic rings. The van der Waals surface area contributed by atoms with E-state index in [0.29, 0.717) is 27.1 Å². The lowest BCUT2D eigenvalue weighted by molar-refractivity contribution is 0.218. The molecule has 0 saturated carbocycles. The summed E-state index contributed by atoms with van der Waals surface area (Å²) in [6, 6.07) is 7.20. The van der Waals surface area contributed by atoms with Crippen LogP contribution in [0.15, 0.2) is 34.8 Å². The van der Waals surface area contributed by atoms with Gasteiger partial charge in [0.15, 0.2) is 11.5 Å². The average molecular weight is 376 g/mol. The Kier molecular flexibility index (Phi) is 5.08. The number of methoxy groups -OCH3 is 2. The maximum atomic E-state index is 13.1. The number of hydrogen-bond acceptors (Lipinski definition) is 3. The van der Waals surface area contributed by atoms with Crippen LogP contribution >= 0.6 is 27.5 Å². The van der Waals surface area contributed by atoms with Crippen LogP contribution in [0.2, 0.25) is 5.02 Å². The van der Waals surface area contributed by atoms with Crippen molar-refractivity contribution in [3.8, 4) is 11.5 Å². The summed E-state index contributed by atoms with van der Waals surface area (Å²) in [5.74, 6) is 0.556. The molecule has 0 aliphatic rings. The Morgan fingerprint density at radius 2 is 1.71 bits per heavy atom. The SMILES string of the molecule is COc1cc(Br)c(C(O)c2ccc(F)cc2Cl)cc1OC. The number of benzene rings is 2. The smallest absolute Gasteiger partial charge is 0.161 e. The summed E-state index contributed by atoms with van der Waals surface area (Å²) in [4.78, 5) is 0. The quantitative estimate of drug-likeness (QED) is 0.864. The lowest BCUT2D eigenvalue weighted by atomic mass is 10.0. The Labute approximate surface area is 135 Å². The number of aliphatic hydroxyl groups is 1. The largest absolute Gasteiger partial charge is 0.493 e. The first kappa shape index (κ1) is 16.1. The molecule has 0 bridgehead atoms. The molecular formula is C15H13BrClFO3. The van der Waals surface area contributed by atoms with Crippen LogP contribution in [0.3, 0.4) is 0 Å². The number of halogens is 3. The van der Waals surface area contributed by atoms with E-state index in [4.69, 9.17) is 21.1 Å². The molecule has 0 fully saturated rings. The number of rotatable bonds is 4. The van der Waals surface area contributed by atoms with Crippen molar-refractivity contribution < 1.29 is 19.0 Å². The normalized spacial score (nSPS) is 12.1. The molecule has 0 spiro atoms. The molecule has 3 nitrogen and oxygen atoms in total. The van der Waals surface area contributed by atoms with Crippen molar-refractivity contribution in [2.24, 2.45) is 0 Å². The molecule has 21 heavy (non-hydrogen) atoms. The summed E-state index contributed by atoms with van der Waals surface area (Å²) >= 11 is 9.36. The van der Waals surface area contributed by atoms with Crippen LogP contribution in [-0.2, 0) is 0 Å². The van der Waals surface area contributed by atoms with Crippen molar-refractivity contribution in [3.63, 3.8) is 0 Å². The third-order valence-electron chi connectivity index (χ3n) is 3.05. The predicted molar refractivity (Wildman–Crippen MR) is 82.7 cm³/mol. The molecule has 0 radical (unpaired) electrons. The van der Waals surface area contributed by atoms with E-state index >= 15 is 0 Å². The molecule has 2 aromatic carbocycles. The van der Waals surface area contributed by atoms with Gasteiger partial charge in [0, 0.05) is 20.6 Å². The van der Waals surface area contributed by atoms with E-state index in [1.807, 2.05) is 0 Å². The van der Waals surface area contributed by atoms with Crippen LogP contribution in [0.1, 0.15) is 17.2 Å². The van der Waals surface area contributed by atoms with Crippen molar-refractivity contribution in [2.75, 3.05) is 14.2 Å². The van der Waals surface area contributed by atoms with Gasteiger partial charge in [0.1, 0.15) is 11.9 Å². The number of aliphatic hydroxyl groups excluding tert-OH is 1. The molecular weight excluding hydrogens is 363 g/mol. The van der Waals surface area contributed by atoms with E-state index in [0.717, 1.165) is 6.07 Å². The highest BCUT2D eigenvalue weighted by Gasteiger charge is 2.20. The summed E-state index contributed by atoms with van der Waals surface area (Å²) in [7, 11) is 3.03. The summed E-state index contributed by atoms with van der Waals surface area (Å²) in [6.45, 7) is 0. The van der Waals surface area contributed by atoms with Crippen LogP contribution < -0.4 is 9.47 Å². The van der Waals surface area contributed by atoms with Gasteiger partial charge >= 0.3 is 0 Å². The molecule has 0 heterocycles. The first-order chi connectivity index (χ1) is 9.97. The van der Waals surface area contributed by atoms with Crippen molar-refractivity contribution in [1.82, 2.24) is 0 Å².